The van der Waals surface area contributed by atoms with Crippen molar-refractivity contribution in [3.63, 3.8) is 0 Å². The second-order valence-electron chi connectivity index (χ2n) is 13.3. The lowest BCUT2D eigenvalue weighted by molar-refractivity contribution is -0.216. The Morgan fingerprint density at radius 1 is 1.06 bits per heavy atom. The van der Waals surface area contributed by atoms with Gasteiger partial charge in [-0.3, -0.25) is 0 Å². The normalized spacial score (nSPS) is 23.2. The molecule has 0 spiro atoms. The third kappa shape index (κ3) is 14.1. The molecular formula is C27H55ClO5Si2. The van der Waals surface area contributed by atoms with Crippen LogP contribution in [0.5, 0.6) is 0 Å². The zero-order valence-electron chi connectivity index (χ0n) is 24.4. The van der Waals surface area contributed by atoms with E-state index in [4.69, 9.17) is 35.3 Å². The van der Waals surface area contributed by atoms with Gasteiger partial charge in [0, 0.05) is 35.2 Å². The Bertz CT molecular complexity index is 630. The van der Waals surface area contributed by atoms with E-state index < -0.39 is 21.7 Å². The van der Waals surface area contributed by atoms with Gasteiger partial charge < -0.3 is 23.7 Å². The molecule has 1 saturated heterocycles. The molecule has 0 N–H and O–H groups in total. The molecule has 208 valence electrons. The van der Waals surface area contributed by atoms with E-state index in [0.29, 0.717) is 19.5 Å². The molecule has 0 unspecified atom stereocenters. The molecule has 5 nitrogen and oxygen atoms in total. The van der Waals surface area contributed by atoms with Crippen LogP contribution >= 0.6 is 11.6 Å². The number of halogens is 1. The van der Waals surface area contributed by atoms with Crippen LogP contribution in [0.25, 0.3) is 0 Å². The molecule has 0 bridgehead atoms. The van der Waals surface area contributed by atoms with E-state index >= 15 is 0 Å². The molecule has 0 amide bonds. The average Bonchev–Trinajstić information content (AvgIpc) is 3.12. The predicted octanol–water partition coefficient (Wildman–Crippen LogP) is 7.69. The smallest absolute Gasteiger partial charge is 0.147 e. The second-order valence-corrected chi connectivity index (χ2v) is 24.8. The zero-order valence-corrected chi connectivity index (χ0v) is 27.2. The standard InChI is InChI=1S/C27H55ClO5Si2/c1-23(14-16-28)11-12-25(31-21-29-17-19-34(5,6)7)27(4)15-13-24(33-27)26(2,3)32-22-30-18-20-35(8,9)10/h14,24-25H,11-13,15-22H2,1-10H3/b23-14+/t24-,25-,27+/m1/s1. The van der Waals surface area contributed by atoms with Gasteiger partial charge in [-0.25, -0.2) is 0 Å². The first-order valence-electron chi connectivity index (χ1n) is 13.4. The summed E-state index contributed by atoms with van der Waals surface area (Å²) >= 11 is 5.90. The minimum Gasteiger partial charge on any atom is -0.366 e. The van der Waals surface area contributed by atoms with Gasteiger partial charge in [-0.1, -0.05) is 50.9 Å². The van der Waals surface area contributed by atoms with E-state index in [1.165, 1.54) is 5.57 Å². The first-order valence-corrected chi connectivity index (χ1v) is 21.3. The van der Waals surface area contributed by atoms with Crippen molar-refractivity contribution in [2.24, 2.45) is 0 Å². The molecule has 1 heterocycles. The van der Waals surface area contributed by atoms with E-state index in [1.807, 2.05) is 0 Å². The Labute approximate surface area is 223 Å². The van der Waals surface area contributed by atoms with Gasteiger partial charge in [0.2, 0.25) is 0 Å². The average molecular weight is 551 g/mol. The van der Waals surface area contributed by atoms with Crippen LogP contribution in [0.4, 0.5) is 0 Å². The third-order valence-electron chi connectivity index (χ3n) is 6.86. The molecule has 0 aromatic heterocycles. The van der Waals surface area contributed by atoms with Crippen molar-refractivity contribution in [1.82, 2.24) is 0 Å². The van der Waals surface area contributed by atoms with E-state index in [9.17, 15) is 0 Å². The molecule has 35 heavy (non-hydrogen) atoms. The van der Waals surface area contributed by atoms with Crippen LogP contribution < -0.4 is 0 Å². The van der Waals surface area contributed by atoms with Crippen LogP contribution in [0.1, 0.15) is 53.4 Å². The molecular weight excluding hydrogens is 496 g/mol. The van der Waals surface area contributed by atoms with Gasteiger partial charge >= 0.3 is 0 Å². The molecule has 0 saturated carbocycles. The lowest BCUT2D eigenvalue weighted by Gasteiger charge is -2.37. The van der Waals surface area contributed by atoms with Crippen molar-refractivity contribution in [3.05, 3.63) is 11.6 Å². The maximum Gasteiger partial charge on any atom is 0.147 e. The van der Waals surface area contributed by atoms with Crippen LogP contribution in [0.3, 0.4) is 0 Å². The topological polar surface area (TPSA) is 46.2 Å². The molecule has 0 aromatic carbocycles. The summed E-state index contributed by atoms with van der Waals surface area (Å²) in [7, 11) is -2.21. The Kier molecular flexibility index (Phi) is 14.3. The highest BCUT2D eigenvalue weighted by Gasteiger charge is 2.48. The number of hydrogen-bond donors (Lipinski definition) is 0. The highest BCUT2D eigenvalue weighted by atomic mass is 35.5. The second kappa shape index (κ2) is 15.0. The van der Waals surface area contributed by atoms with Crippen LogP contribution in [-0.2, 0) is 23.7 Å². The van der Waals surface area contributed by atoms with Crippen LogP contribution in [-0.4, -0.2) is 72.2 Å². The minimum atomic E-state index is -1.12. The summed E-state index contributed by atoms with van der Waals surface area (Å²) in [5.41, 5.74) is 0.474. The van der Waals surface area contributed by atoms with Gasteiger partial charge in [0.05, 0.1) is 23.4 Å². The van der Waals surface area contributed by atoms with Gasteiger partial charge in [0.25, 0.3) is 0 Å². The maximum absolute atomic E-state index is 6.70. The lowest BCUT2D eigenvalue weighted by Crippen LogP contribution is -2.46. The summed E-state index contributed by atoms with van der Waals surface area (Å²) < 4.78 is 30.9. The van der Waals surface area contributed by atoms with Gasteiger partial charge in [-0.2, -0.15) is 0 Å². The maximum atomic E-state index is 6.70. The Hall–Kier alpha value is 0.264. The number of hydrogen-bond acceptors (Lipinski definition) is 5. The van der Waals surface area contributed by atoms with E-state index in [-0.39, 0.29) is 17.8 Å². The number of alkyl halides is 1. The molecule has 0 aromatic rings. The summed E-state index contributed by atoms with van der Waals surface area (Å²) in [6, 6.07) is 2.28. The fourth-order valence-electron chi connectivity index (χ4n) is 4.04. The summed E-state index contributed by atoms with van der Waals surface area (Å²) in [5, 5.41) is 0. The van der Waals surface area contributed by atoms with Crippen molar-refractivity contribution in [2.75, 3.05) is 32.7 Å². The zero-order chi connectivity index (χ0) is 26.8. The molecule has 1 aliphatic heterocycles. The van der Waals surface area contributed by atoms with Crippen molar-refractivity contribution >= 4 is 27.7 Å². The molecule has 0 aliphatic carbocycles. The minimum absolute atomic E-state index is 0.00789. The predicted molar refractivity (Wildman–Crippen MR) is 154 cm³/mol. The molecule has 8 heteroatoms. The van der Waals surface area contributed by atoms with Crippen LogP contribution in [0.15, 0.2) is 11.6 Å². The summed E-state index contributed by atoms with van der Waals surface area (Å²) in [6.07, 6.45) is 5.68. The summed E-state index contributed by atoms with van der Waals surface area (Å²) in [4.78, 5) is 0. The first-order chi connectivity index (χ1) is 16.1. The molecule has 1 aliphatic rings. The van der Waals surface area contributed by atoms with Gasteiger partial charge in [0.15, 0.2) is 0 Å². The lowest BCUT2D eigenvalue weighted by atomic mass is 9.90. The Morgan fingerprint density at radius 2 is 1.63 bits per heavy atom. The third-order valence-corrected chi connectivity index (χ3v) is 10.4. The number of allylic oxidation sites excluding steroid dienone is 2. The van der Waals surface area contributed by atoms with Crippen LogP contribution in [0.2, 0.25) is 51.4 Å². The van der Waals surface area contributed by atoms with Crippen molar-refractivity contribution in [1.29, 1.82) is 0 Å². The first kappa shape index (κ1) is 33.3. The van der Waals surface area contributed by atoms with E-state index in [0.717, 1.165) is 51.0 Å². The number of ether oxygens (including phenoxy) is 5. The molecule has 1 rings (SSSR count). The molecule has 3 atom stereocenters. The fourth-order valence-corrected chi connectivity index (χ4v) is 5.81. The van der Waals surface area contributed by atoms with Gasteiger partial charge in [-0.15, -0.1) is 11.6 Å². The van der Waals surface area contributed by atoms with Gasteiger partial charge in [-0.05, 0) is 65.5 Å². The quantitative estimate of drug-likeness (QED) is 0.0575. The van der Waals surface area contributed by atoms with Crippen molar-refractivity contribution in [2.45, 2.75) is 128 Å². The summed E-state index contributed by atoms with van der Waals surface area (Å²) in [6.45, 7) is 24.8. The summed E-state index contributed by atoms with van der Waals surface area (Å²) in [5.74, 6) is 0.540. The van der Waals surface area contributed by atoms with Crippen molar-refractivity contribution < 1.29 is 23.7 Å². The Balaban J connectivity index is 2.68. The monoisotopic (exact) mass is 550 g/mol. The molecule has 0 radical (unpaired) electrons. The van der Waals surface area contributed by atoms with E-state index in [1.54, 1.807) is 0 Å². The number of rotatable bonds is 18. The van der Waals surface area contributed by atoms with Crippen LogP contribution in [0, 0.1) is 0 Å². The largest absolute Gasteiger partial charge is 0.366 e. The highest BCUT2D eigenvalue weighted by Crippen LogP contribution is 2.41. The SMILES string of the molecule is C/C(=C\CCl)CC[C@@H](OCOCC[Si](C)(C)C)[C@]1(C)CC[C@H](C(C)(C)OCOCC[Si](C)(C)C)O1. The highest BCUT2D eigenvalue weighted by molar-refractivity contribution is 6.76. The Morgan fingerprint density at radius 3 is 2.17 bits per heavy atom. The van der Waals surface area contributed by atoms with Gasteiger partial charge in [0.1, 0.15) is 13.6 Å². The fraction of sp³-hybridized carbons (Fsp3) is 0.926. The van der Waals surface area contributed by atoms with E-state index in [2.05, 4.69) is 73.1 Å². The van der Waals surface area contributed by atoms with Crippen molar-refractivity contribution in [3.8, 4) is 0 Å². The molecule has 1 fully saturated rings.